The number of halogens is 2. The third-order valence-corrected chi connectivity index (χ3v) is 8.84. The van der Waals surface area contributed by atoms with Crippen molar-refractivity contribution in [2.75, 3.05) is 36.8 Å². The van der Waals surface area contributed by atoms with Gasteiger partial charge in [-0.2, -0.15) is 0 Å². The Bertz CT molecular complexity index is 1560. The van der Waals surface area contributed by atoms with E-state index in [1.54, 1.807) is 31.0 Å². The van der Waals surface area contributed by atoms with Crippen LogP contribution < -0.4 is 14.8 Å². The number of aliphatic hydroxyl groups excluding tert-OH is 1. The summed E-state index contributed by atoms with van der Waals surface area (Å²) in [4.78, 5) is 29.4. The van der Waals surface area contributed by atoms with Crippen LogP contribution in [0.25, 0.3) is 0 Å². The molecule has 0 aromatic heterocycles. The molecule has 230 valence electrons. The molecule has 0 radical (unpaired) electrons. The Labute approximate surface area is 255 Å². The molecule has 4 rings (SSSR count). The maximum absolute atomic E-state index is 13.4. The number of nitrogens with one attached hydrogen (secondary N) is 2. The van der Waals surface area contributed by atoms with Crippen molar-refractivity contribution in [3.63, 3.8) is 0 Å². The number of fused-ring (bicyclic) bond motifs is 1. The highest BCUT2D eigenvalue weighted by atomic mass is 35.5. The lowest BCUT2D eigenvalue weighted by molar-refractivity contribution is -0.134. The Morgan fingerprint density at radius 2 is 1.79 bits per heavy atom. The van der Waals surface area contributed by atoms with Crippen LogP contribution in [0.4, 0.5) is 20.6 Å². The molecule has 43 heavy (non-hydrogen) atoms. The number of benzene rings is 3. The van der Waals surface area contributed by atoms with Crippen LogP contribution in [-0.4, -0.2) is 74.2 Å². The molecule has 3 aromatic carbocycles. The van der Waals surface area contributed by atoms with Crippen molar-refractivity contribution in [3.8, 4) is 5.75 Å². The number of carbonyl (C=O) groups excluding carboxylic acids is 2. The van der Waals surface area contributed by atoms with Gasteiger partial charge >= 0.3 is 6.03 Å². The number of rotatable bonds is 8. The maximum Gasteiger partial charge on any atom is 0.321 e. The maximum atomic E-state index is 13.4. The molecule has 3 N–H and O–H groups in total. The van der Waals surface area contributed by atoms with E-state index in [0.717, 1.165) is 0 Å². The van der Waals surface area contributed by atoms with Crippen LogP contribution in [0.2, 0.25) is 5.02 Å². The van der Waals surface area contributed by atoms with Gasteiger partial charge in [0.05, 0.1) is 30.5 Å². The summed E-state index contributed by atoms with van der Waals surface area (Å²) < 4.78 is 48.2. The first-order valence-corrected chi connectivity index (χ1v) is 15.5. The number of nitrogens with zero attached hydrogens (tertiary/aromatic N) is 2. The van der Waals surface area contributed by atoms with Gasteiger partial charge < -0.3 is 25.0 Å². The highest BCUT2D eigenvalue weighted by Crippen LogP contribution is 2.30. The first kappa shape index (κ1) is 32.1. The summed E-state index contributed by atoms with van der Waals surface area (Å²) in [5.41, 5.74) is 1.09. The predicted molar refractivity (Wildman–Crippen MR) is 162 cm³/mol. The van der Waals surface area contributed by atoms with E-state index in [-0.39, 0.29) is 48.5 Å². The van der Waals surface area contributed by atoms with E-state index in [9.17, 15) is 27.5 Å². The molecule has 0 unspecified atom stereocenters. The molecule has 3 atom stereocenters. The van der Waals surface area contributed by atoms with E-state index in [1.165, 1.54) is 59.5 Å². The van der Waals surface area contributed by atoms with Crippen LogP contribution in [0.5, 0.6) is 5.75 Å². The summed E-state index contributed by atoms with van der Waals surface area (Å²) in [5, 5.41) is 13.0. The molecule has 3 aromatic rings. The van der Waals surface area contributed by atoms with Gasteiger partial charge in [-0.05, 0) is 73.7 Å². The number of sulfonamides is 1. The highest BCUT2D eigenvalue weighted by molar-refractivity contribution is 7.92. The quantitative estimate of drug-likeness (QED) is 0.333. The van der Waals surface area contributed by atoms with Gasteiger partial charge in [0, 0.05) is 41.5 Å². The minimum atomic E-state index is -3.94. The molecule has 0 bridgehead atoms. The number of carbonyl (C=O) groups is 2. The molecule has 10 nitrogen and oxygen atoms in total. The van der Waals surface area contributed by atoms with Gasteiger partial charge in [0.1, 0.15) is 17.7 Å². The lowest BCUT2D eigenvalue weighted by atomic mass is 10.0. The lowest BCUT2D eigenvalue weighted by Gasteiger charge is -2.34. The Kier molecular flexibility index (Phi) is 10.2. The Hall–Kier alpha value is -3.87. The number of amides is 3. The number of ether oxygens (including phenoxy) is 1. The van der Waals surface area contributed by atoms with Crippen molar-refractivity contribution in [3.05, 3.63) is 83.1 Å². The summed E-state index contributed by atoms with van der Waals surface area (Å²) in [5.74, 6) is -0.590. The van der Waals surface area contributed by atoms with Gasteiger partial charge in [-0.3, -0.25) is 9.52 Å². The average molecular weight is 633 g/mol. The van der Waals surface area contributed by atoms with Crippen molar-refractivity contribution in [2.24, 2.45) is 5.92 Å². The average Bonchev–Trinajstić information content (AvgIpc) is 3.01. The minimum Gasteiger partial charge on any atom is -0.488 e. The smallest absolute Gasteiger partial charge is 0.321 e. The molecule has 1 aliphatic heterocycles. The minimum absolute atomic E-state index is 0.0200. The second kappa shape index (κ2) is 13.6. The van der Waals surface area contributed by atoms with Gasteiger partial charge in [-0.25, -0.2) is 17.6 Å². The Balaban J connectivity index is 1.61. The Morgan fingerprint density at radius 3 is 2.44 bits per heavy atom. The molecule has 0 fully saturated rings. The highest BCUT2D eigenvalue weighted by Gasteiger charge is 2.32. The summed E-state index contributed by atoms with van der Waals surface area (Å²) in [6.07, 6.45) is -0.685. The van der Waals surface area contributed by atoms with E-state index in [0.29, 0.717) is 22.0 Å². The second-order valence-electron chi connectivity index (χ2n) is 10.6. The molecule has 1 heterocycles. The fourth-order valence-electron chi connectivity index (χ4n) is 4.64. The fourth-order valence-corrected chi connectivity index (χ4v) is 5.82. The van der Waals surface area contributed by atoms with Crippen LogP contribution in [0, 0.1) is 11.7 Å². The van der Waals surface area contributed by atoms with Gasteiger partial charge in [-0.15, -0.1) is 0 Å². The van der Waals surface area contributed by atoms with Crippen LogP contribution in [-0.2, 0) is 21.2 Å². The van der Waals surface area contributed by atoms with Crippen LogP contribution in [0.15, 0.2) is 71.6 Å². The molecule has 13 heteroatoms. The number of hydrogen-bond acceptors (Lipinski definition) is 6. The molecular formula is C30H34ClFN4O6S. The zero-order chi connectivity index (χ0) is 31.3. The monoisotopic (exact) mass is 632 g/mol. The van der Waals surface area contributed by atoms with Crippen LogP contribution in [0.1, 0.15) is 19.4 Å². The topological polar surface area (TPSA) is 128 Å². The van der Waals surface area contributed by atoms with Crippen molar-refractivity contribution in [1.29, 1.82) is 0 Å². The van der Waals surface area contributed by atoms with E-state index >= 15 is 0 Å². The summed E-state index contributed by atoms with van der Waals surface area (Å²) in [6.45, 7) is 3.76. The van der Waals surface area contributed by atoms with Crippen molar-refractivity contribution < 1.29 is 32.2 Å². The fraction of sp³-hybridized carbons (Fsp3) is 0.333. The molecule has 0 saturated carbocycles. The first-order chi connectivity index (χ1) is 20.4. The summed E-state index contributed by atoms with van der Waals surface area (Å²) in [7, 11) is -2.35. The zero-order valence-corrected chi connectivity index (χ0v) is 25.5. The van der Waals surface area contributed by atoms with Crippen molar-refractivity contribution in [2.45, 2.75) is 37.3 Å². The normalized spacial score (nSPS) is 17.9. The third-order valence-electron chi connectivity index (χ3n) is 7.19. The van der Waals surface area contributed by atoms with E-state index in [2.05, 4.69) is 10.0 Å². The molecule has 0 spiro atoms. The van der Waals surface area contributed by atoms with Gasteiger partial charge in [0.2, 0.25) is 5.91 Å². The summed E-state index contributed by atoms with van der Waals surface area (Å²) >= 11 is 5.90. The number of likely N-dealkylation sites (N-methyl/N-ethyl adjacent to an activating group) is 1. The zero-order valence-electron chi connectivity index (χ0n) is 24.0. The van der Waals surface area contributed by atoms with Gasteiger partial charge in [0.15, 0.2) is 0 Å². The number of anilines is 2. The number of hydrogen-bond donors (Lipinski definition) is 3. The largest absolute Gasteiger partial charge is 0.488 e. The molecule has 0 aliphatic carbocycles. The summed E-state index contributed by atoms with van der Waals surface area (Å²) in [6, 6.07) is 14.9. The van der Waals surface area contributed by atoms with E-state index in [1.807, 2.05) is 6.92 Å². The third kappa shape index (κ3) is 8.15. The molecule has 0 saturated heterocycles. The van der Waals surface area contributed by atoms with Crippen LogP contribution >= 0.6 is 11.6 Å². The molecule has 3 amide bonds. The van der Waals surface area contributed by atoms with E-state index < -0.39 is 34.0 Å². The lowest BCUT2D eigenvalue weighted by Crippen LogP contribution is -2.48. The van der Waals surface area contributed by atoms with Crippen molar-refractivity contribution in [1.82, 2.24) is 9.80 Å². The predicted octanol–water partition coefficient (Wildman–Crippen LogP) is 4.59. The first-order valence-electron chi connectivity index (χ1n) is 13.6. The number of urea groups is 1. The molecular weight excluding hydrogens is 599 g/mol. The van der Waals surface area contributed by atoms with Gasteiger partial charge in [-0.1, -0.05) is 18.5 Å². The Morgan fingerprint density at radius 1 is 1.14 bits per heavy atom. The van der Waals surface area contributed by atoms with Crippen molar-refractivity contribution >= 4 is 44.9 Å². The standard InChI is InChI=1S/C30H34ClFN4O6S/c1-19-16-36(20(2)18-37)29(38)15-21-14-25(34-43(40,41)26-11-4-22(31)5-12-26)10-13-27(21)42-28(19)17-35(3)30(39)33-24-8-6-23(32)7-9-24/h4-14,19-20,28,34,37H,15-18H2,1-3H3,(H,33,39)/t19-,20+,28-/m0/s1. The van der Waals surface area contributed by atoms with Crippen LogP contribution in [0.3, 0.4) is 0 Å². The van der Waals surface area contributed by atoms with Gasteiger partial charge in [0.25, 0.3) is 10.0 Å². The SMILES string of the molecule is C[C@H](CO)N1C[C@H](C)[C@H](CN(C)C(=O)Nc2ccc(F)cc2)Oc2ccc(NS(=O)(=O)c3ccc(Cl)cc3)cc2CC1=O. The number of aliphatic hydroxyl groups is 1. The molecule has 1 aliphatic rings. The van der Waals surface area contributed by atoms with E-state index in [4.69, 9.17) is 16.3 Å². The second-order valence-corrected chi connectivity index (χ2v) is 12.7.